The summed E-state index contributed by atoms with van der Waals surface area (Å²) in [5.41, 5.74) is 0.467. The predicted octanol–water partition coefficient (Wildman–Crippen LogP) is 3.20. The molecule has 0 spiro atoms. The number of aromatic amines is 1. The second-order valence-corrected chi connectivity index (χ2v) is 7.06. The molecule has 3 rings (SSSR count). The Hall–Kier alpha value is -2.76. The number of H-pyrrole nitrogens is 1. The maximum atomic E-state index is 12.5. The Bertz CT molecular complexity index is 952. The van der Waals surface area contributed by atoms with Gasteiger partial charge in [0, 0.05) is 30.4 Å². The lowest BCUT2D eigenvalue weighted by Gasteiger charge is -2.29. The number of rotatable bonds is 3. The number of benzene rings is 1. The van der Waals surface area contributed by atoms with Crippen LogP contribution in [0.4, 0.5) is 0 Å². The van der Waals surface area contributed by atoms with Crippen LogP contribution in [-0.4, -0.2) is 30.1 Å². The predicted molar refractivity (Wildman–Crippen MR) is 95.2 cm³/mol. The van der Waals surface area contributed by atoms with Crippen molar-refractivity contribution in [2.24, 2.45) is 5.41 Å². The maximum Gasteiger partial charge on any atom is 0.190 e. The molecule has 0 aliphatic heterocycles. The van der Waals surface area contributed by atoms with Gasteiger partial charge in [-0.3, -0.25) is 9.59 Å². The minimum atomic E-state index is -0.293. The summed E-state index contributed by atoms with van der Waals surface area (Å²) in [4.78, 5) is 28.1. The fraction of sp³-hybridized carbons (Fsp3) is 0.368. The van der Waals surface area contributed by atoms with Crippen LogP contribution in [0.25, 0.3) is 16.5 Å². The molecule has 132 valence electrons. The Balaban J connectivity index is 2.22. The quantitative estimate of drug-likeness (QED) is 0.893. The minimum Gasteiger partial charge on any atom is -0.511 e. The molecule has 0 atom stereocenters. The van der Waals surface area contributed by atoms with Gasteiger partial charge in [-0.2, -0.15) is 0 Å². The largest absolute Gasteiger partial charge is 0.511 e. The van der Waals surface area contributed by atoms with Crippen LogP contribution >= 0.6 is 0 Å². The molecule has 1 heterocycles. The van der Waals surface area contributed by atoms with E-state index in [0.29, 0.717) is 40.9 Å². The first kappa shape index (κ1) is 17.1. The van der Waals surface area contributed by atoms with Crippen LogP contribution in [0.2, 0.25) is 0 Å². The van der Waals surface area contributed by atoms with E-state index < -0.39 is 0 Å². The number of ketones is 1. The van der Waals surface area contributed by atoms with Crippen molar-refractivity contribution in [3.8, 4) is 11.5 Å². The summed E-state index contributed by atoms with van der Waals surface area (Å²) < 4.78 is 10.5. The van der Waals surface area contributed by atoms with Gasteiger partial charge in [-0.1, -0.05) is 13.8 Å². The van der Waals surface area contributed by atoms with Gasteiger partial charge in [0.1, 0.15) is 5.76 Å². The van der Waals surface area contributed by atoms with Gasteiger partial charge < -0.3 is 19.6 Å². The Kier molecular flexibility index (Phi) is 4.06. The lowest BCUT2D eigenvalue weighted by molar-refractivity contribution is -0.116. The average Bonchev–Trinajstić information content (AvgIpc) is 2.51. The first-order valence-corrected chi connectivity index (χ1v) is 8.00. The van der Waals surface area contributed by atoms with E-state index in [1.165, 1.54) is 20.3 Å². The van der Waals surface area contributed by atoms with Crippen LogP contribution in [0, 0.1) is 5.41 Å². The third kappa shape index (κ3) is 2.99. The molecule has 0 saturated heterocycles. The van der Waals surface area contributed by atoms with Crippen LogP contribution in [-0.2, 0) is 4.79 Å². The molecular weight excluding hydrogens is 322 g/mol. The van der Waals surface area contributed by atoms with Crippen molar-refractivity contribution in [2.45, 2.75) is 26.7 Å². The monoisotopic (exact) mass is 343 g/mol. The lowest BCUT2D eigenvalue weighted by atomic mass is 9.76. The lowest BCUT2D eigenvalue weighted by Crippen LogP contribution is -2.26. The highest BCUT2D eigenvalue weighted by Gasteiger charge is 2.34. The van der Waals surface area contributed by atoms with E-state index in [1.54, 1.807) is 12.1 Å². The fourth-order valence-corrected chi connectivity index (χ4v) is 3.30. The molecule has 1 aromatic heterocycles. The van der Waals surface area contributed by atoms with E-state index in [1.807, 2.05) is 13.8 Å². The number of aromatic nitrogens is 1. The molecule has 6 nitrogen and oxygen atoms in total. The third-order valence-corrected chi connectivity index (χ3v) is 4.46. The molecular formula is C19H21NO5. The van der Waals surface area contributed by atoms with Crippen LogP contribution in [0.5, 0.6) is 11.5 Å². The Morgan fingerprint density at radius 3 is 2.28 bits per heavy atom. The van der Waals surface area contributed by atoms with E-state index >= 15 is 0 Å². The summed E-state index contributed by atoms with van der Waals surface area (Å²) in [5, 5.41) is 10.8. The number of methoxy groups -OCH3 is 2. The van der Waals surface area contributed by atoms with Gasteiger partial charge >= 0.3 is 0 Å². The smallest absolute Gasteiger partial charge is 0.190 e. The number of hydrogen-bond acceptors (Lipinski definition) is 5. The second kappa shape index (κ2) is 5.95. The van der Waals surface area contributed by atoms with Crippen molar-refractivity contribution in [1.29, 1.82) is 0 Å². The highest BCUT2D eigenvalue weighted by atomic mass is 16.5. The van der Waals surface area contributed by atoms with Gasteiger partial charge in [0.15, 0.2) is 22.7 Å². The minimum absolute atomic E-state index is 0.0109. The van der Waals surface area contributed by atoms with E-state index in [4.69, 9.17) is 9.47 Å². The third-order valence-electron chi connectivity index (χ3n) is 4.46. The zero-order chi connectivity index (χ0) is 18.4. The summed E-state index contributed by atoms with van der Waals surface area (Å²) in [7, 11) is 3.00. The van der Waals surface area contributed by atoms with Gasteiger partial charge in [0.25, 0.3) is 0 Å². The van der Waals surface area contributed by atoms with E-state index in [-0.39, 0.29) is 28.0 Å². The number of ether oxygens (including phenoxy) is 2. The van der Waals surface area contributed by atoms with Gasteiger partial charge in [-0.15, -0.1) is 0 Å². The summed E-state index contributed by atoms with van der Waals surface area (Å²) >= 11 is 0. The number of aliphatic hydroxyl groups excluding tert-OH is 1. The number of carbonyl (C=O) groups excluding carboxylic acids is 1. The zero-order valence-corrected chi connectivity index (χ0v) is 14.7. The molecule has 1 aliphatic rings. The van der Waals surface area contributed by atoms with Crippen molar-refractivity contribution in [1.82, 2.24) is 4.98 Å². The molecule has 0 fully saturated rings. The standard InChI is InChI=1S/C19H21NO5/c1-19(2)8-14(22)18(15(23)9-19)12-6-13(21)10-5-16(24-3)17(25-4)7-11(10)20-12/h5-7,22H,8-9H2,1-4H3,(H,20,21). The maximum absolute atomic E-state index is 12.5. The molecule has 6 heteroatoms. The van der Waals surface area contributed by atoms with Gasteiger partial charge in [-0.25, -0.2) is 0 Å². The fourth-order valence-electron chi connectivity index (χ4n) is 3.30. The van der Waals surface area contributed by atoms with E-state index in [2.05, 4.69) is 4.98 Å². The van der Waals surface area contributed by atoms with Crippen molar-refractivity contribution < 1.29 is 19.4 Å². The molecule has 25 heavy (non-hydrogen) atoms. The molecule has 0 unspecified atom stereocenters. The highest BCUT2D eigenvalue weighted by molar-refractivity contribution is 6.21. The summed E-state index contributed by atoms with van der Waals surface area (Å²) in [5.74, 6) is 0.754. The zero-order valence-electron chi connectivity index (χ0n) is 14.7. The molecule has 1 aromatic carbocycles. The summed E-state index contributed by atoms with van der Waals surface area (Å²) in [6, 6.07) is 4.58. The number of Topliss-reactive ketones (excluding diaryl/α,β-unsaturated/α-hetero) is 1. The number of allylic oxidation sites excluding steroid dienone is 2. The van der Waals surface area contributed by atoms with Crippen LogP contribution in [0.15, 0.2) is 28.8 Å². The van der Waals surface area contributed by atoms with Crippen molar-refractivity contribution in [2.75, 3.05) is 14.2 Å². The Morgan fingerprint density at radius 1 is 1.04 bits per heavy atom. The number of pyridine rings is 1. The average molecular weight is 343 g/mol. The van der Waals surface area contributed by atoms with Gasteiger partial charge in [0.2, 0.25) is 0 Å². The number of aliphatic hydroxyl groups is 1. The van der Waals surface area contributed by atoms with Crippen molar-refractivity contribution >= 4 is 22.3 Å². The summed E-state index contributed by atoms with van der Waals surface area (Å²) in [6.07, 6.45) is 0.707. The van der Waals surface area contributed by atoms with Crippen molar-refractivity contribution in [3.05, 3.63) is 39.9 Å². The SMILES string of the molecule is COc1cc2[nH]c(C3=C(O)CC(C)(C)CC3=O)cc(=O)c2cc1OC. The van der Waals surface area contributed by atoms with Gasteiger partial charge in [-0.05, 0) is 11.5 Å². The van der Waals surface area contributed by atoms with E-state index in [0.717, 1.165) is 0 Å². The second-order valence-electron chi connectivity index (χ2n) is 7.06. The molecule has 2 aromatic rings. The molecule has 0 bridgehead atoms. The number of nitrogens with one attached hydrogen (secondary N) is 1. The number of hydrogen-bond donors (Lipinski definition) is 2. The topological polar surface area (TPSA) is 88.6 Å². The van der Waals surface area contributed by atoms with Crippen molar-refractivity contribution in [3.63, 3.8) is 0 Å². The number of carbonyl (C=O) groups is 1. The number of fused-ring (bicyclic) bond motifs is 1. The van der Waals surface area contributed by atoms with E-state index in [9.17, 15) is 14.7 Å². The molecule has 0 saturated carbocycles. The Morgan fingerprint density at radius 2 is 1.68 bits per heavy atom. The molecule has 2 N–H and O–H groups in total. The normalized spacial score (nSPS) is 17.0. The first-order valence-electron chi connectivity index (χ1n) is 8.00. The first-order chi connectivity index (χ1) is 11.8. The Labute approximate surface area is 145 Å². The summed E-state index contributed by atoms with van der Waals surface area (Å²) in [6.45, 7) is 3.86. The van der Waals surface area contributed by atoms with Crippen LogP contribution in [0.1, 0.15) is 32.4 Å². The molecule has 0 radical (unpaired) electrons. The van der Waals surface area contributed by atoms with Gasteiger partial charge in [0.05, 0.1) is 31.0 Å². The van der Waals surface area contributed by atoms with Crippen LogP contribution < -0.4 is 14.9 Å². The van der Waals surface area contributed by atoms with Crippen LogP contribution in [0.3, 0.4) is 0 Å². The molecule has 1 aliphatic carbocycles. The highest BCUT2D eigenvalue weighted by Crippen LogP contribution is 2.39. The molecule has 0 amide bonds.